The first kappa shape index (κ1) is 18.9. The second-order valence-electron chi connectivity index (χ2n) is 9.73. The van der Waals surface area contributed by atoms with E-state index < -0.39 is 41.9 Å². The van der Waals surface area contributed by atoms with Crippen LogP contribution in [-0.2, 0) is 9.59 Å². The maximum Gasteiger partial charge on any atom is 0.252 e. The SMILES string of the molecule is [2H]C1([2H])N(c2cc(-c3cc(-c4cnn(C5CC5)c4)c4c(N)ncnn34)ccc2F)C(=O)C(C)(C)N(C(C)=O)C1([2H])[2H]. The van der Waals surface area contributed by atoms with E-state index in [1.165, 1.54) is 36.8 Å². The number of anilines is 2. The third-order valence-electron chi connectivity index (χ3n) is 6.77. The van der Waals surface area contributed by atoms with Gasteiger partial charge in [0.1, 0.15) is 23.2 Å². The van der Waals surface area contributed by atoms with Gasteiger partial charge in [-0.2, -0.15) is 10.2 Å². The van der Waals surface area contributed by atoms with Crippen LogP contribution in [0.1, 0.15) is 45.1 Å². The quantitative estimate of drug-likeness (QED) is 0.454. The molecule has 2 fully saturated rings. The average molecular weight is 507 g/mol. The Balaban J connectivity index is 1.52. The van der Waals surface area contributed by atoms with Crippen molar-refractivity contribution in [2.45, 2.75) is 45.2 Å². The zero-order valence-electron chi connectivity index (χ0n) is 24.4. The van der Waals surface area contributed by atoms with Crippen molar-refractivity contribution in [1.82, 2.24) is 29.3 Å². The van der Waals surface area contributed by atoms with E-state index in [0.29, 0.717) is 38.2 Å². The van der Waals surface area contributed by atoms with Crippen molar-refractivity contribution in [1.29, 1.82) is 0 Å². The number of carbonyl (C=O) groups is 2. The molecular weight excluding hydrogens is 475 g/mol. The minimum atomic E-state index is -3.12. The summed E-state index contributed by atoms with van der Waals surface area (Å²) in [6.07, 6.45) is 6.99. The molecule has 1 aromatic carbocycles. The number of rotatable bonds is 4. The molecule has 4 aromatic rings. The smallest absolute Gasteiger partial charge is 0.252 e. The van der Waals surface area contributed by atoms with E-state index in [-0.39, 0.29) is 5.82 Å². The largest absolute Gasteiger partial charge is 0.382 e. The summed E-state index contributed by atoms with van der Waals surface area (Å²) in [6, 6.07) is 5.91. The van der Waals surface area contributed by atoms with Crippen LogP contribution in [0.5, 0.6) is 0 Å². The van der Waals surface area contributed by atoms with Crippen LogP contribution in [-0.4, -0.2) is 59.6 Å². The highest BCUT2D eigenvalue weighted by Crippen LogP contribution is 2.39. The van der Waals surface area contributed by atoms with Crippen molar-refractivity contribution in [3.8, 4) is 22.4 Å². The van der Waals surface area contributed by atoms with Gasteiger partial charge in [-0.3, -0.25) is 14.3 Å². The number of nitrogens with zero attached hydrogens (tertiary/aromatic N) is 7. The van der Waals surface area contributed by atoms with Gasteiger partial charge in [-0.1, -0.05) is 0 Å². The van der Waals surface area contributed by atoms with E-state index in [9.17, 15) is 9.59 Å². The topological polar surface area (TPSA) is 115 Å². The molecule has 1 saturated carbocycles. The lowest BCUT2D eigenvalue weighted by Gasteiger charge is -2.45. The van der Waals surface area contributed by atoms with Gasteiger partial charge in [-0.15, -0.1) is 0 Å². The van der Waals surface area contributed by atoms with E-state index in [4.69, 9.17) is 11.2 Å². The van der Waals surface area contributed by atoms with Crippen LogP contribution in [0.3, 0.4) is 0 Å². The Morgan fingerprint density at radius 1 is 1.19 bits per heavy atom. The summed E-state index contributed by atoms with van der Waals surface area (Å²) in [5.41, 5.74) is 6.68. The van der Waals surface area contributed by atoms with Gasteiger partial charge in [0.15, 0.2) is 5.82 Å². The molecule has 1 aliphatic heterocycles. The Labute approximate surface area is 218 Å². The van der Waals surface area contributed by atoms with Gasteiger partial charge in [0.05, 0.1) is 29.1 Å². The van der Waals surface area contributed by atoms with Gasteiger partial charge in [0, 0.05) is 42.8 Å². The Bertz CT molecular complexity index is 1750. The highest BCUT2D eigenvalue weighted by molar-refractivity contribution is 6.03. The molecule has 2 N–H and O–H groups in total. The zero-order chi connectivity index (χ0) is 29.6. The van der Waals surface area contributed by atoms with Crippen LogP contribution in [0, 0.1) is 5.82 Å². The molecule has 10 nitrogen and oxygen atoms in total. The Hall–Kier alpha value is -4.28. The van der Waals surface area contributed by atoms with Gasteiger partial charge in [-0.05, 0) is 51.0 Å². The number of nitrogen functional groups attached to an aromatic ring is 1. The molecule has 1 aliphatic carbocycles. The van der Waals surface area contributed by atoms with Crippen molar-refractivity contribution in [3.63, 3.8) is 0 Å². The number of hydrogen-bond donors (Lipinski definition) is 1. The lowest BCUT2D eigenvalue weighted by Crippen LogP contribution is -2.64. The number of benzene rings is 1. The molecule has 3 aromatic heterocycles. The van der Waals surface area contributed by atoms with Crippen LogP contribution >= 0.6 is 0 Å². The fraction of sp³-hybridized carbons (Fsp3) is 0.346. The predicted octanol–water partition coefficient (Wildman–Crippen LogP) is 3.29. The summed E-state index contributed by atoms with van der Waals surface area (Å²) in [5.74, 6) is -2.57. The predicted molar refractivity (Wildman–Crippen MR) is 136 cm³/mol. The van der Waals surface area contributed by atoms with E-state index in [2.05, 4.69) is 15.2 Å². The van der Waals surface area contributed by atoms with E-state index in [1.54, 1.807) is 12.3 Å². The third kappa shape index (κ3) is 3.64. The molecule has 0 spiro atoms. The molecule has 2 amide bonds. The van der Waals surface area contributed by atoms with Crippen LogP contribution in [0.15, 0.2) is 43.0 Å². The van der Waals surface area contributed by atoms with Gasteiger partial charge in [0.2, 0.25) is 5.91 Å². The molecule has 2 aliphatic rings. The molecule has 0 unspecified atom stereocenters. The van der Waals surface area contributed by atoms with E-state index >= 15 is 4.39 Å². The van der Waals surface area contributed by atoms with Crippen molar-refractivity contribution in [3.05, 3.63) is 48.8 Å². The molecule has 190 valence electrons. The van der Waals surface area contributed by atoms with Crippen molar-refractivity contribution >= 4 is 28.8 Å². The molecule has 1 saturated heterocycles. The Morgan fingerprint density at radius 3 is 2.70 bits per heavy atom. The third-order valence-corrected chi connectivity index (χ3v) is 6.77. The Morgan fingerprint density at radius 2 is 1.97 bits per heavy atom. The summed E-state index contributed by atoms with van der Waals surface area (Å²) < 4.78 is 53.2. The highest BCUT2D eigenvalue weighted by Gasteiger charge is 2.44. The first-order chi connectivity index (χ1) is 19.2. The minimum absolute atomic E-state index is 0.199. The normalized spacial score (nSPS) is 21.9. The lowest BCUT2D eigenvalue weighted by molar-refractivity contribution is -0.145. The summed E-state index contributed by atoms with van der Waals surface area (Å²) in [4.78, 5) is 31.2. The second-order valence-corrected chi connectivity index (χ2v) is 9.73. The number of hydrogen-bond acceptors (Lipinski definition) is 6. The van der Waals surface area contributed by atoms with Gasteiger partial charge in [-0.25, -0.2) is 13.9 Å². The first-order valence-electron chi connectivity index (χ1n) is 13.8. The maximum absolute atomic E-state index is 15.5. The average Bonchev–Trinajstić information content (AvgIpc) is 3.48. The monoisotopic (exact) mass is 506 g/mol. The van der Waals surface area contributed by atoms with Crippen molar-refractivity contribution < 1.29 is 19.5 Å². The minimum Gasteiger partial charge on any atom is -0.382 e. The van der Waals surface area contributed by atoms with Crippen LogP contribution < -0.4 is 10.6 Å². The van der Waals surface area contributed by atoms with Crippen molar-refractivity contribution in [2.75, 3.05) is 23.6 Å². The van der Waals surface area contributed by atoms with Crippen LogP contribution in [0.25, 0.3) is 27.9 Å². The molecule has 37 heavy (non-hydrogen) atoms. The fourth-order valence-electron chi connectivity index (χ4n) is 4.65. The highest BCUT2D eigenvalue weighted by atomic mass is 19.1. The standard InChI is InChI=1S/C26H27FN8O2/c1-15(36)33-9-8-32(25(37)26(33,2)3)22-10-16(4-7-20(22)27)21-11-19(23-24(28)29-14-31-35(21)23)17-12-30-34(13-17)18-5-6-18/h4,7,10-14,18H,5-6,8-9H2,1-3H3,(H2,28,29,31)/i8D2,9D2. The number of piperazine rings is 1. The summed E-state index contributed by atoms with van der Waals surface area (Å²) >= 11 is 0. The number of carbonyl (C=O) groups excluding carboxylic acids is 2. The lowest BCUT2D eigenvalue weighted by atomic mass is 9.96. The van der Waals surface area contributed by atoms with E-state index in [0.717, 1.165) is 31.4 Å². The van der Waals surface area contributed by atoms with E-state index in [1.807, 2.05) is 10.9 Å². The molecule has 0 radical (unpaired) electrons. The molecule has 11 heteroatoms. The number of aromatic nitrogens is 5. The number of amides is 2. The van der Waals surface area contributed by atoms with Gasteiger partial charge >= 0.3 is 0 Å². The zero-order valence-corrected chi connectivity index (χ0v) is 20.4. The number of fused-ring (bicyclic) bond motifs is 1. The molecular formula is C26H27FN8O2. The number of halogens is 1. The summed E-state index contributed by atoms with van der Waals surface area (Å²) in [6.45, 7) is -2.46. The molecule has 4 heterocycles. The first-order valence-corrected chi connectivity index (χ1v) is 11.8. The molecule has 0 atom stereocenters. The second kappa shape index (κ2) is 8.12. The number of nitrogens with two attached hydrogens (primary N) is 1. The summed E-state index contributed by atoms with van der Waals surface area (Å²) in [7, 11) is 0. The fourth-order valence-corrected chi connectivity index (χ4v) is 4.65. The van der Waals surface area contributed by atoms with Crippen LogP contribution in [0.2, 0.25) is 0 Å². The van der Waals surface area contributed by atoms with Gasteiger partial charge in [0.25, 0.3) is 5.91 Å². The maximum atomic E-state index is 15.5. The molecule has 6 rings (SSSR count). The van der Waals surface area contributed by atoms with Gasteiger partial charge < -0.3 is 15.5 Å². The Kier molecular flexibility index (Phi) is 4.15. The van der Waals surface area contributed by atoms with Crippen LogP contribution in [0.4, 0.5) is 15.9 Å². The summed E-state index contributed by atoms with van der Waals surface area (Å²) in [5, 5.41) is 8.81. The molecule has 0 bridgehead atoms. The van der Waals surface area contributed by atoms with Crippen molar-refractivity contribution in [2.24, 2.45) is 0 Å².